The Kier molecular flexibility index (Phi) is 4.78. The molecule has 0 radical (unpaired) electrons. The monoisotopic (exact) mass is 333 g/mol. The Balaban J connectivity index is 1.72. The molecule has 0 aliphatic carbocycles. The second kappa shape index (κ2) is 6.98. The van der Waals surface area contributed by atoms with Crippen molar-refractivity contribution in [2.75, 3.05) is 43.6 Å². The molecule has 1 N–H and O–H groups in total. The predicted octanol–water partition coefficient (Wildman–Crippen LogP) is 2.92. The number of hydrogen-bond acceptors (Lipinski definition) is 4. The quantitative estimate of drug-likeness (QED) is 0.923. The summed E-state index contributed by atoms with van der Waals surface area (Å²) in [4.78, 5) is 27.5. The number of amides is 3. The van der Waals surface area contributed by atoms with E-state index in [-0.39, 0.29) is 12.1 Å². The molecule has 2 saturated heterocycles. The van der Waals surface area contributed by atoms with Crippen LogP contribution in [0.2, 0.25) is 0 Å². The van der Waals surface area contributed by atoms with E-state index in [0.717, 1.165) is 25.9 Å². The van der Waals surface area contributed by atoms with Crippen molar-refractivity contribution in [3.8, 4) is 5.75 Å². The number of anilines is 2. The van der Waals surface area contributed by atoms with Crippen molar-refractivity contribution in [2.45, 2.75) is 19.8 Å². The van der Waals surface area contributed by atoms with Crippen molar-refractivity contribution >= 4 is 23.5 Å². The molecule has 3 rings (SSSR count). The van der Waals surface area contributed by atoms with Gasteiger partial charge < -0.3 is 19.7 Å². The Morgan fingerprint density at radius 2 is 2.21 bits per heavy atom. The van der Waals surface area contributed by atoms with Crippen LogP contribution >= 0.6 is 0 Å². The molecule has 0 saturated carbocycles. The first-order valence-electron chi connectivity index (χ1n) is 8.26. The van der Waals surface area contributed by atoms with Gasteiger partial charge in [-0.1, -0.05) is 6.92 Å². The number of likely N-dealkylation sites (tertiary alicyclic amines) is 1. The third-order valence-corrected chi connectivity index (χ3v) is 4.43. The Morgan fingerprint density at radius 1 is 1.38 bits per heavy atom. The summed E-state index contributed by atoms with van der Waals surface area (Å²) < 4.78 is 10.3. The summed E-state index contributed by atoms with van der Waals surface area (Å²) in [5.41, 5.74) is 1.29. The average Bonchev–Trinajstić information content (AvgIpc) is 3.00. The summed E-state index contributed by atoms with van der Waals surface area (Å²) in [5.74, 6) is 1.06. The third kappa shape index (κ3) is 3.39. The van der Waals surface area contributed by atoms with E-state index in [1.54, 1.807) is 18.2 Å². The first-order valence-corrected chi connectivity index (χ1v) is 8.26. The third-order valence-electron chi connectivity index (χ3n) is 4.43. The zero-order chi connectivity index (χ0) is 17.1. The predicted molar refractivity (Wildman–Crippen MR) is 90.7 cm³/mol. The summed E-state index contributed by atoms with van der Waals surface area (Å²) >= 11 is 0. The highest BCUT2D eigenvalue weighted by molar-refractivity contribution is 5.93. The fourth-order valence-corrected chi connectivity index (χ4v) is 3.17. The number of methoxy groups -OCH3 is 1. The van der Waals surface area contributed by atoms with Crippen LogP contribution in [0.15, 0.2) is 18.2 Å². The number of hydrogen-bond donors (Lipinski definition) is 1. The van der Waals surface area contributed by atoms with Crippen LogP contribution in [0.4, 0.5) is 21.0 Å². The number of benzene rings is 1. The van der Waals surface area contributed by atoms with E-state index in [9.17, 15) is 9.59 Å². The second-order valence-electron chi connectivity index (χ2n) is 6.28. The lowest BCUT2D eigenvalue weighted by molar-refractivity contribution is 0.180. The molecule has 1 aromatic carbocycles. The first-order chi connectivity index (χ1) is 11.6. The standard InChI is InChI=1S/C17H23N3O4/c1-12-4-3-7-19(11-12)16(21)18-13-5-6-14(15(10-13)23-2)20-8-9-24-17(20)22/h5-6,10,12H,3-4,7-9,11H2,1-2H3,(H,18,21). The van der Waals surface area contributed by atoms with Gasteiger partial charge in [0, 0.05) is 24.8 Å². The molecule has 1 aromatic rings. The molecule has 2 heterocycles. The van der Waals surface area contributed by atoms with Gasteiger partial charge in [-0.05, 0) is 30.9 Å². The maximum atomic E-state index is 12.4. The van der Waals surface area contributed by atoms with Crippen LogP contribution in [0.25, 0.3) is 0 Å². The largest absolute Gasteiger partial charge is 0.494 e. The number of urea groups is 1. The van der Waals surface area contributed by atoms with E-state index in [4.69, 9.17) is 9.47 Å². The lowest BCUT2D eigenvalue weighted by Gasteiger charge is -2.31. The van der Waals surface area contributed by atoms with E-state index in [0.29, 0.717) is 36.2 Å². The van der Waals surface area contributed by atoms with Crippen molar-refractivity contribution < 1.29 is 19.1 Å². The minimum absolute atomic E-state index is 0.100. The second-order valence-corrected chi connectivity index (χ2v) is 6.28. The molecule has 24 heavy (non-hydrogen) atoms. The van der Waals surface area contributed by atoms with Crippen molar-refractivity contribution in [1.82, 2.24) is 4.90 Å². The number of rotatable bonds is 3. The number of nitrogens with zero attached hydrogens (tertiary/aromatic N) is 2. The van der Waals surface area contributed by atoms with Crippen molar-refractivity contribution in [3.63, 3.8) is 0 Å². The van der Waals surface area contributed by atoms with Gasteiger partial charge >= 0.3 is 12.1 Å². The van der Waals surface area contributed by atoms with Crippen LogP contribution < -0.4 is 15.0 Å². The summed E-state index contributed by atoms with van der Waals surface area (Å²) in [6.07, 6.45) is 1.82. The maximum Gasteiger partial charge on any atom is 0.414 e. The van der Waals surface area contributed by atoms with E-state index in [1.165, 1.54) is 12.0 Å². The van der Waals surface area contributed by atoms with Gasteiger partial charge in [-0.2, -0.15) is 0 Å². The van der Waals surface area contributed by atoms with E-state index >= 15 is 0 Å². The SMILES string of the molecule is COc1cc(NC(=O)N2CCCC(C)C2)ccc1N1CCOC1=O. The summed E-state index contributed by atoms with van der Waals surface area (Å²) in [5, 5.41) is 2.91. The number of ether oxygens (including phenoxy) is 2. The maximum absolute atomic E-state index is 12.4. The molecule has 3 amide bonds. The van der Waals surface area contributed by atoms with Gasteiger partial charge in [-0.15, -0.1) is 0 Å². The fraction of sp³-hybridized carbons (Fsp3) is 0.529. The van der Waals surface area contributed by atoms with Gasteiger partial charge in [0.1, 0.15) is 12.4 Å². The topological polar surface area (TPSA) is 71.1 Å². The summed E-state index contributed by atoms with van der Waals surface area (Å²) in [6, 6.07) is 5.16. The Morgan fingerprint density at radius 3 is 2.88 bits per heavy atom. The number of cyclic esters (lactones) is 1. The molecular formula is C17H23N3O4. The molecule has 2 fully saturated rings. The van der Waals surface area contributed by atoms with E-state index < -0.39 is 0 Å². The molecule has 7 heteroatoms. The Labute approximate surface area is 141 Å². The zero-order valence-electron chi connectivity index (χ0n) is 14.1. The molecule has 1 unspecified atom stereocenters. The Bertz CT molecular complexity index is 634. The zero-order valence-corrected chi connectivity index (χ0v) is 14.1. The molecule has 130 valence electrons. The highest BCUT2D eigenvalue weighted by atomic mass is 16.6. The summed E-state index contributed by atoms with van der Waals surface area (Å²) in [7, 11) is 1.54. The molecule has 2 aliphatic heterocycles. The van der Waals surface area contributed by atoms with Crippen molar-refractivity contribution in [2.24, 2.45) is 5.92 Å². The van der Waals surface area contributed by atoms with Crippen LogP contribution in [0.1, 0.15) is 19.8 Å². The molecule has 0 spiro atoms. The fourth-order valence-electron chi connectivity index (χ4n) is 3.17. The van der Waals surface area contributed by atoms with Crippen LogP contribution in [-0.2, 0) is 4.74 Å². The average molecular weight is 333 g/mol. The minimum Gasteiger partial charge on any atom is -0.494 e. The number of carbonyl (C=O) groups is 2. The lowest BCUT2D eigenvalue weighted by Crippen LogP contribution is -2.41. The molecule has 0 aromatic heterocycles. The minimum atomic E-state index is -0.382. The van der Waals surface area contributed by atoms with Crippen LogP contribution in [0.3, 0.4) is 0 Å². The van der Waals surface area contributed by atoms with Gasteiger partial charge in [0.15, 0.2) is 0 Å². The van der Waals surface area contributed by atoms with Crippen LogP contribution in [0.5, 0.6) is 5.75 Å². The van der Waals surface area contributed by atoms with Gasteiger partial charge in [0.05, 0.1) is 19.3 Å². The highest BCUT2D eigenvalue weighted by Crippen LogP contribution is 2.33. The van der Waals surface area contributed by atoms with Crippen molar-refractivity contribution in [1.29, 1.82) is 0 Å². The van der Waals surface area contributed by atoms with E-state index in [1.807, 2.05) is 4.90 Å². The van der Waals surface area contributed by atoms with Gasteiger partial charge in [-0.3, -0.25) is 4.90 Å². The Hall–Kier alpha value is -2.44. The number of carbonyl (C=O) groups excluding carboxylic acids is 2. The van der Waals surface area contributed by atoms with Crippen LogP contribution in [-0.4, -0.2) is 50.4 Å². The first kappa shape index (κ1) is 16.4. The smallest absolute Gasteiger partial charge is 0.414 e. The van der Waals surface area contributed by atoms with Crippen LogP contribution in [0, 0.1) is 5.92 Å². The summed E-state index contributed by atoms with van der Waals surface area (Å²) in [6.45, 7) is 4.58. The van der Waals surface area contributed by atoms with Gasteiger partial charge in [-0.25, -0.2) is 9.59 Å². The van der Waals surface area contributed by atoms with Gasteiger partial charge in [0.25, 0.3) is 0 Å². The highest BCUT2D eigenvalue weighted by Gasteiger charge is 2.27. The van der Waals surface area contributed by atoms with Gasteiger partial charge in [0.2, 0.25) is 0 Å². The molecule has 0 bridgehead atoms. The molecular weight excluding hydrogens is 310 g/mol. The molecule has 1 atom stereocenters. The van der Waals surface area contributed by atoms with Crippen molar-refractivity contribution in [3.05, 3.63) is 18.2 Å². The normalized spacial score (nSPS) is 20.8. The lowest BCUT2D eigenvalue weighted by atomic mass is 10.0. The number of piperidine rings is 1. The molecule has 2 aliphatic rings. The van der Waals surface area contributed by atoms with E-state index in [2.05, 4.69) is 12.2 Å². The number of nitrogens with one attached hydrogen (secondary N) is 1. The molecule has 7 nitrogen and oxygen atoms in total.